The third kappa shape index (κ3) is 1.40. The minimum absolute atomic E-state index is 0.445. The molecule has 0 bridgehead atoms. The van der Waals surface area contributed by atoms with Crippen LogP contribution >= 0.6 is 0 Å². The van der Waals surface area contributed by atoms with Crippen molar-refractivity contribution in [3.63, 3.8) is 0 Å². The van der Waals surface area contributed by atoms with Crippen molar-refractivity contribution in [3.8, 4) is 5.88 Å². The standard InChI is InChI=1S/C6H8N2O/c1-5-2-3-6(9-7)8-4-5/h2-4H,7H2,1H3. The van der Waals surface area contributed by atoms with E-state index in [1.54, 1.807) is 12.3 Å². The largest absolute Gasteiger partial charge is 0.391 e. The van der Waals surface area contributed by atoms with Gasteiger partial charge in [0, 0.05) is 12.3 Å². The molecule has 1 rings (SSSR count). The Hall–Kier alpha value is -1.09. The number of hydrogen-bond donors (Lipinski definition) is 1. The molecule has 3 heteroatoms. The Bertz CT molecular complexity index is 183. The van der Waals surface area contributed by atoms with E-state index in [4.69, 9.17) is 5.90 Å². The summed E-state index contributed by atoms with van der Waals surface area (Å²) in [6, 6.07) is 3.60. The van der Waals surface area contributed by atoms with Gasteiger partial charge in [-0.25, -0.2) is 4.98 Å². The van der Waals surface area contributed by atoms with Crippen molar-refractivity contribution in [2.75, 3.05) is 0 Å². The molecule has 0 saturated heterocycles. The van der Waals surface area contributed by atoms with E-state index in [9.17, 15) is 0 Å². The van der Waals surface area contributed by atoms with Crippen molar-refractivity contribution in [1.82, 2.24) is 4.98 Å². The molecule has 0 amide bonds. The van der Waals surface area contributed by atoms with Crippen LogP contribution in [0.25, 0.3) is 0 Å². The summed E-state index contributed by atoms with van der Waals surface area (Å²) in [4.78, 5) is 8.21. The smallest absolute Gasteiger partial charge is 0.237 e. The molecule has 1 heterocycles. The molecule has 3 nitrogen and oxygen atoms in total. The topological polar surface area (TPSA) is 48.1 Å². The molecule has 9 heavy (non-hydrogen) atoms. The van der Waals surface area contributed by atoms with Gasteiger partial charge in [0.05, 0.1) is 0 Å². The van der Waals surface area contributed by atoms with E-state index in [1.807, 2.05) is 13.0 Å². The molecule has 0 atom stereocenters. The molecular weight excluding hydrogens is 116 g/mol. The SMILES string of the molecule is Cc1ccc(ON)nc1. The Kier molecular flexibility index (Phi) is 1.65. The molecule has 0 aliphatic carbocycles. The zero-order valence-corrected chi connectivity index (χ0v) is 5.16. The third-order valence-corrected chi connectivity index (χ3v) is 1.00. The fraction of sp³-hybridized carbons (Fsp3) is 0.167. The summed E-state index contributed by atoms with van der Waals surface area (Å²) in [5, 5.41) is 0. The number of rotatable bonds is 1. The van der Waals surface area contributed by atoms with E-state index in [0.29, 0.717) is 5.88 Å². The lowest BCUT2D eigenvalue weighted by atomic mass is 10.3. The molecule has 0 aliphatic heterocycles. The molecule has 48 valence electrons. The molecule has 0 spiro atoms. The second-order valence-corrected chi connectivity index (χ2v) is 1.79. The lowest BCUT2D eigenvalue weighted by Crippen LogP contribution is -2.02. The van der Waals surface area contributed by atoms with Crippen LogP contribution in [0.3, 0.4) is 0 Å². The maximum atomic E-state index is 4.84. The lowest BCUT2D eigenvalue weighted by molar-refractivity contribution is 0.320. The van der Waals surface area contributed by atoms with Gasteiger partial charge in [-0.1, -0.05) is 6.07 Å². The maximum absolute atomic E-state index is 4.84. The summed E-state index contributed by atoms with van der Waals surface area (Å²) in [6.45, 7) is 1.95. The van der Waals surface area contributed by atoms with Gasteiger partial charge in [-0.3, -0.25) is 0 Å². The number of pyridine rings is 1. The third-order valence-electron chi connectivity index (χ3n) is 1.00. The van der Waals surface area contributed by atoms with Gasteiger partial charge in [0.1, 0.15) is 0 Å². The fourth-order valence-corrected chi connectivity index (χ4v) is 0.524. The van der Waals surface area contributed by atoms with Gasteiger partial charge < -0.3 is 4.84 Å². The highest BCUT2D eigenvalue weighted by atomic mass is 16.6. The molecule has 0 aliphatic rings. The summed E-state index contributed by atoms with van der Waals surface area (Å²) in [6.07, 6.45) is 1.70. The van der Waals surface area contributed by atoms with Crippen molar-refractivity contribution in [2.24, 2.45) is 5.90 Å². The van der Waals surface area contributed by atoms with Gasteiger partial charge in [0.2, 0.25) is 5.88 Å². The first-order chi connectivity index (χ1) is 4.33. The maximum Gasteiger partial charge on any atom is 0.237 e. The van der Waals surface area contributed by atoms with Crippen molar-refractivity contribution in [1.29, 1.82) is 0 Å². The van der Waals surface area contributed by atoms with Crippen molar-refractivity contribution in [3.05, 3.63) is 23.9 Å². The molecule has 0 radical (unpaired) electrons. The van der Waals surface area contributed by atoms with Crippen LogP contribution in [0, 0.1) is 6.92 Å². The molecule has 1 aromatic rings. The van der Waals surface area contributed by atoms with Gasteiger partial charge in [-0.2, -0.15) is 5.90 Å². The first-order valence-electron chi connectivity index (χ1n) is 2.62. The normalized spacial score (nSPS) is 9.11. The zero-order valence-electron chi connectivity index (χ0n) is 5.16. The number of hydrogen-bond acceptors (Lipinski definition) is 3. The van der Waals surface area contributed by atoms with E-state index >= 15 is 0 Å². The van der Waals surface area contributed by atoms with Crippen molar-refractivity contribution in [2.45, 2.75) is 6.92 Å². The number of nitrogens with two attached hydrogens (primary N) is 1. The van der Waals surface area contributed by atoms with E-state index < -0.39 is 0 Å². The van der Waals surface area contributed by atoms with Crippen LogP contribution in [-0.4, -0.2) is 4.98 Å². The van der Waals surface area contributed by atoms with Crippen LogP contribution < -0.4 is 10.7 Å². The highest BCUT2D eigenvalue weighted by Crippen LogP contribution is 2.03. The monoisotopic (exact) mass is 124 g/mol. The number of nitrogens with zero attached hydrogens (tertiary/aromatic N) is 1. The number of aryl methyl sites for hydroxylation is 1. The van der Waals surface area contributed by atoms with Gasteiger partial charge in [-0.15, -0.1) is 0 Å². The first-order valence-corrected chi connectivity index (χ1v) is 2.62. The predicted octanol–water partition coefficient (Wildman–Crippen LogP) is 0.643. The van der Waals surface area contributed by atoms with Crippen LogP contribution in [-0.2, 0) is 0 Å². The second kappa shape index (κ2) is 2.46. The van der Waals surface area contributed by atoms with E-state index in [0.717, 1.165) is 5.56 Å². The summed E-state index contributed by atoms with van der Waals surface area (Å²) in [5.74, 6) is 5.28. The summed E-state index contributed by atoms with van der Waals surface area (Å²) < 4.78 is 0. The summed E-state index contributed by atoms with van der Waals surface area (Å²) in [7, 11) is 0. The molecule has 0 unspecified atom stereocenters. The molecule has 2 N–H and O–H groups in total. The molecule has 1 aromatic heterocycles. The van der Waals surface area contributed by atoms with Crippen LogP contribution in [0.1, 0.15) is 5.56 Å². The van der Waals surface area contributed by atoms with Gasteiger partial charge in [0.15, 0.2) is 0 Å². The Balaban J connectivity index is 2.88. The van der Waals surface area contributed by atoms with Crippen LogP contribution in [0.5, 0.6) is 5.88 Å². The van der Waals surface area contributed by atoms with Crippen LogP contribution in [0.15, 0.2) is 18.3 Å². The molecular formula is C6H8N2O. The van der Waals surface area contributed by atoms with Crippen LogP contribution in [0.4, 0.5) is 0 Å². The highest BCUT2D eigenvalue weighted by molar-refractivity contribution is 5.15. The van der Waals surface area contributed by atoms with Gasteiger partial charge in [-0.05, 0) is 12.5 Å². The lowest BCUT2D eigenvalue weighted by Gasteiger charge is -1.94. The Labute approximate surface area is 53.4 Å². The minimum atomic E-state index is 0.445. The Morgan fingerprint density at radius 2 is 2.33 bits per heavy atom. The van der Waals surface area contributed by atoms with E-state index in [2.05, 4.69) is 9.82 Å². The van der Waals surface area contributed by atoms with Gasteiger partial charge in [0.25, 0.3) is 0 Å². The number of aromatic nitrogens is 1. The summed E-state index contributed by atoms with van der Waals surface area (Å²) >= 11 is 0. The second-order valence-electron chi connectivity index (χ2n) is 1.79. The highest BCUT2D eigenvalue weighted by Gasteiger charge is 1.88. The van der Waals surface area contributed by atoms with E-state index in [1.165, 1.54) is 0 Å². The molecule has 0 saturated carbocycles. The van der Waals surface area contributed by atoms with Crippen molar-refractivity contribution < 1.29 is 4.84 Å². The minimum Gasteiger partial charge on any atom is -0.391 e. The fourth-order valence-electron chi connectivity index (χ4n) is 0.524. The molecule has 0 aromatic carbocycles. The average Bonchev–Trinajstić information content (AvgIpc) is 1.90. The average molecular weight is 124 g/mol. The van der Waals surface area contributed by atoms with Gasteiger partial charge >= 0.3 is 0 Å². The predicted molar refractivity (Wildman–Crippen MR) is 33.8 cm³/mol. The zero-order chi connectivity index (χ0) is 6.69. The first kappa shape index (κ1) is 6.04. The Morgan fingerprint density at radius 1 is 1.56 bits per heavy atom. The van der Waals surface area contributed by atoms with Crippen LogP contribution in [0.2, 0.25) is 0 Å². The van der Waals surface area contributed by atoms with E-state index in [-0.39, 0.29) is 0 Å². The molecule has 0 fully saturated rings. The quantitative estimate of drug-likeness (QED) is 0.559. The van der Waals surface area contributed by atoms with Crippen molar-refractivity contribution >= 4 is 0 Å². The Morgan fingerprint density at radius 3 is 2.78 bits per heavy atom. The summed E-state index contributed by atoms with van der Waals surface area (Å²) in [5.41, 5.74) is 1.09.